The maximum absolute atomic E-state index is 14.6. The minimum Gasteiger partial charge on any atom is -0.494 e. The molecule has 0 amide bonds. The molecule has 5 nitrogen and oxygen atoms in total. The summed E-state index contributed by atoms with van der Waals surface area (Å²) in [6.07, 6.45) is 1.39. The average Bonchev–Trinajstić information content (AvgIpc) is 3.01. The van der Waals surface area contributed by atoms with E-state index in [1.54, 1.807) is 26.1 Å². The van der Waals surface area contributed by atoms with Crippen LogP contribution in [0.2, 0.25) is 0 Å². The molecule has 2 aromatic carbocycles. The van der Waals surface area contributed by atoms with Crippen molar-refractivity contribution in [2.24, 2.45) is 0 Å². The molecule has 0 unspecified atom stereocenters. The van der Waals surface area contributed by atoms with Gasteiger partial charge in [0.1, 0.15) is 23.1 Å². The maximum atomic E-state index is 14.6. The molecule has 0 aliphatic carbocycles. The van der Waals surface area contributed by atoms with Crippen molar-refractivity contribution in [3.8, 4) is 17.0 Å². The summed E-state index contributed by atoms with van der Waals surface area (Å²) < 4.78 is 61.0. The van der Waals surface area contributed by atoms with Crippen molar-refractivity contribution in [1.82, 2.24) is 9.29 Å². The van der Waals surface area contributed by atoms with Crippen LogP contribution in [0.15, 0.2) is 53.6 Å². The Kier molecular flexibility index (Phi) is 7.05. The van der Waals surface area contributed by atoms with E-state index in [0.717, 1.165) is 15.6 Å². The predicted octanol–water partition coefficient (Wildman–Crippen LogP) is 4.13. The number of halogens is 3. The van der Waals surface area contributed by atoms with Crippen molar-refractivity contribution in [3.63, 3.8) is 0 Å². The van der Waals surface area contributed by atoms with E-state index < -0.39 is 21.7 Å². The molecular weight excluding hydrogens is 422 g/mol. The zero-order valence-electron chi connectivity index (χ0n) is 16.1. The third kappa shape index (κ3) is 4.29. The van der Waals surface area contributed by atoms with Crippen LogP contribution in [0, 0.1) is 18.6 Å². The van der Waals surface area contributed by atoms with E-state index in [1.165, 1.54) is 31.5 Å². The third-order valence-electron chi connectivity index (χ3n) is 4.30. The van der Waals surface area contributed by atoms with Gasteiger partial charge in [0.25, 0.3) is 10.0 Å². The Labute approximate surface area is 174 Å². The molecule has 29 heavy (non-hydrogen) atoms. The molecule has 1 heterocycles. The summed E-state index contributed by atoms with van der Waals surface area (Å²) in [4.78, 5) is 0.0601. The summed E-state index contributed by atoms with van der Waals surface area (Å²) in [7, 11) is -0.972. The number of hydrogen-bond donors (Lipinski definition) is 1. The molecular formula is C20H21ClF2N2O3S. The fraction of sp³-hybridized carbons (Fsp3) is 0.200. The Hall–Kier alpha value is -2.42. The lowest BCUT2D eigenvalue weighted by Gasteiger charge is -2.13. The van der Waals surface area contributed by atoms with Gasteiger partial charge in [-0.2, -0.15) is 0 Å². The van der Waals surface area contributed by atoms with Crippen LogP contribution < -0.4 is 10.1 Å². The lowest BCUT2D eigenvalue weighted by molar-refractivity contribution is 0.411. The first kappa shape index (κ1) is 22.9. The van der Waals surface area contributed by atoms with Gasteiger partial charge in [-0.25, -0.2) is 21.2 Å². The van der Waals surface area contributed by atoms with E-state index >= 15 is 0 Å². The van der Waals surface area contributed by atoms with Gasteiger partial charge in [-0.3, -0.25) is 0 Å². The van der Waals surface area contributed by atoms with Crippen molar-refractivity contribution in [2.75, 3.05) is 14.2 Å². The lowest BCUT2D eigenvalue weighted by Crippen LogP contribution is -2.14. The molecule has 156 valence electrons. The molecule has 1 N–H and O–H groups in total. The van der Waals surface area contributed by atoms with Gasteiger partial charge in [0, 0.05) is 29.9 Å². The Morgan fingerprint density at radius 3 is 2.45 bits per heavy atom. The second-order valence-corrected chi connectivity index (χ2v) is 8.12. The molecule has 3 rings (SSSR count). The molecule has 9 heteroatoms. The Morgan fingerprint density at radius 1 is 1.14 bits per heavy atom. The molecule has 0 aliphatic heterocycles. The standard InChI is InChI=1S/C20H20F2N2O3S.ClH/c1-13-5-4-6-16(9-13)28(25,26)24-12-14(11-23-2)20(27-3)19(24)17-8-7-15(21)10-18(17)22;/h4-10,12,23H,11H2,1-3H3;1H. The molecule has 0 saturated carbocycles. The average molecular weight is 443 g/mol. The topological polar surface area (TPSA) is 60.3 Å². The summed E-state index contributed by atoms with van der Waals surface area (Å²) in [6.45, 7) is 2.08. The van der Waals surface area contributed by atoms with Crippen LogP contribution >= 0.6 is 12.4 Å². The first-order valence-electron chi connectivity index (χ1n) is 8.50. The number of nitrogens with one attached hydrogen (secondary N) is 1. The van der Waals surface area contributed by atoms with E-state index in [4.69, 9.17) is 4.74 Å². The molecule has 3 aromatic rings. The first-order chi connectivity index (χ1) is 13.3. The summed E-state index contributed by atoms with van der Waals surface area (Å²) in [6, 6.07) is 9.41. The predicted molar refractivity (Wildman–Crippen MR) is 110 cm³/mol. The second kappa shape index (κ2) is 8.94. The quantitative estimate of drug-likeness (QED) is 0.623. The molecule has 0 bridgehead atoms. The zero-order chi connectivity index (χ0) is 20.5. The van der Waals surface area contributed by atoms with Crippen LogP contribution in [0.25, 0.3) is 11.3 Å². The summed E-state index contributed by atoms with van der Waals surface area (Å²) >= 11 is 0. The summed E-state index contributed by atoms with van der Waals surface area (Å²) in [5.74, 6) is -1.43. The third-order valence-corrected chi connectivity index (χ3v) is 5.96. The highest BCUT2D eigenvalue weighted by Gasteiger charge is 2.28. The maximum Gasteiger partial charge on any atom is 0.268 e. The van der Waals surface area contributed by atoms with Gasteiger partial charge in [0.05, 0.1) is 12.0 Å². The lowest BCUT2D eigenvalue weighted by atomic mass is 10.1. The van der Waals surface area contributed by atoms with Crippen molar-refractivity contribution in [3.05, 3.63) is 71.4 Å². The van der Waals surface area contributed by atoms with Gasteiger partial charge in [-0.05, 0) is 43.8 Å². The van der Waals surface area contributed by atoms with Gasteiger partial charge >= 0.3 is 0 Å². The molecule has 0 radical (unpaired) electrons. The van der Waals surface area contributed by atoms with Crippen LogP contribution in [0.4, 0.5) is 8.78 Å². The van der Waals surface area contributed by atoms with Crippen LogP contribution in [0.3, 0.4) is 0 Å². The fourth-order valence-corrected chi connectivity index (χ4v) is 4.56. The first-order valence-corrected chi connectivity index (χ1v) is 9.94. The van der Waals surface area contributed by atoms with Crippen LogP contribution in [0.1, 0.15) is 11.1 Å². The van der Waals surface area contributed by atoms with E-state index in [9.17, 15) is 17.2 Å². The monoisotopic (exact) mass is 442 g/mol. The number of aromatic nitrogens is 1. The number of nitrogens with zero attached hydrogens (tertiary/aromatic N) is 1. The molecule has 0 saturated heterocycles. The van der Waals surface area contributed by atoms with Gasteiger partial charge in [-0.15, -0.1) is 12.4 Å². The van der Waals surface area contributed by atoms with E-state index in [1.807, 2.05) is 0 Å². The van der Waals surface area contributed by atoms with Gasteiger partial charge in [0.2, 0.25) is 0 Å². The van der Waals surface area contributed by atoms with Crippen LogP contribution in [0.5, 0.6) is 5.75 Å². The Bertz CT molecular complexity index is 1130. The number of benzene rings is 2. The fourth-order valence-electron chi connectivity index (χ4n) is 3.06. The number of aryl methyl sites for hydroxylation is 1. The molecule has 1 aromatic heterocycles. The molecule has 0 spiro atoms. The Balaban J connectivity index is 0.00000300. The highest BCUT2D eigenvalue weighted by Crippen LogP contribution is 2.39. The van der Waals surface area contributed by atoms with Crippen LogP contribution in [-0.2, 0) is 16.6 Å². The second-order valence-electron chi connectivity index (χ2n) is 6.31. The van der Waals surface area contributed by atoms with E-state index in [2.05, 4.69) is 5.32 Å². The van der Waals surface area contributed by atoms with E-state index in [0.29, 0.717) is 18.2 Å². The van der Waals surface area contributed by atoms with Gasteiger partial charge in [0.15, 0.2) is 0 Å². The number of hydrogen-bond acceptors (Lipinski definition) is 4. The number of ether oxygens (including phenoxy) is 1. The van der Waals surface area contributed by atoms with E-state index in [-0.39, 0.29) is 34.3 Å². The SMILES string of the molecule is CNCc1cn(S(=O)(=O)c2cccc(C)c2)c(-c2ccc(F)cc2F)c1OC.Cl. The molecule has 0 aliphatic rings. The largest absolute Gasteiger partial charge is 0.494 e. The Morgan fingerprint density at radius 2 is 1.86 bits per heavy atom. The normalized spacial score (nSPS) is 11.2. The van der Waals surface area contributed by atoms with Crippen LogP contribution in [-0.4, -0.2) is 26.5 Å². The van der Waals surface area contributed by atoms with Gasteiger partial charge in [-0.1, -0.05) is 12.1 Å². The molecule has 0 fully saturated rings. The number of methoxy groups -OCH3 is 1. The summed E-state index contributed by atoms with van der Waals surface area (Å²) in [5, 5.41) is 2.93. The minimum atomic E-state index is -4.05. The molecule has 0 atom stereocenters. The van der Waals surface area contributed by atoms with Crippen molar-refractivity contribution < 1.29 is 21.9 Å². The van der Waals surface area contributed by atoms with Crippen molar-refractivity contribution in [1.29, 1.82) is 0 Å². The van der Waals surface area contributed by atoms with Crippen molar-refractivity contribution >= 4 is 22.4 Å². The highest BCUT2D eigenvalue weighted by molar-refractivity contribution is 7.90. The zero-order valence-corrected chi connectivity index (χ0v) is 17.7. The smallest absolute Gasteiger partial charge is 0.268 e. The minimum absolute atomic E-state index is 0. The van der Waals surface area contributed by atoms with Gasteiger partial charge < -0.3 is 10.1 Å². The number of rotatable bonds is 6. The summed E-state index contributed by atoms with van der Waals surface area (Å²) in [5.41, 5.74) is 1.23. The van der Waals surface area contributed by atoms with Crippen molar-refractivity contribution in [2.45, 2.75) is 18.4 Å². The highest BCUT2D eigenvalue weighted by atomic mass is 35.5.